The van der Waals surface area contributed by atoms with E-state index in [0.717, 1.165) is 14.5 Å². The molecule has 1 aromatic rings. The van der Waals surface area contributed by atoms with E-state index in [2.05, 4.69) is 52.5 Å². The molecular weight excluding hydrogens is 390 g/mol. The first-order valence-corrected chi connectivity index (χ1v) is 6.24. The Balaban J connectivity index is 3.01. The van der Waals surface area contributed by atoms with Crippen LogP contribution in [0.3, 0.4) is 0 Å². The third kappa shape index (κ3) is 3.17. The Morgan fingerprint density at radius 2 is 1.71 bits per heavy atom. The Morgan fingerprint density at radius 3 is 2.07 bits per heavy atom. The largest absolute Gasteiger partial charge is 0.435 e. The molecule has 1 nitrogen and oxygen atoms in total. The highest BCUT2D eigenvalue weighted by molar-refractivity contribution is 9.11. The quantitative estimate of drug-likeness (QED) is 0.675. The zero-order chi connectivity index (χ0) is 10.7. The minimum absolute atomic E-state index is 0.128. The lowest BCUT2D eigenvalue weighted by Crippen LogP contribution is -2.02. The average molecular weight is 395 g/mol. The van der Waals surface area contributed by atoms with E-state index in [1.54, 1.807) is 0 Å². The van der Waals surface area contributed by atoms with Crippen LogP contribution in [-0.2, 0) is 5.33 Å². The molecule has 14 heavy (non-hydrogen) atoms. The maximum Gasteiger partial charge on any atom is 0.387 e. The first-order chi connectivity index (χ1) is 6.54. The number of ether oxygens (including phenoxy) is 1. The molecule has 0 atom stereocenters. The minimum atomic E-state index is -2.80. The normalized spacial score (nSPS) is 10.7. The van der Waals surface area contributed by atoms with Crippen LogP contribution in [0.5, 0.6) is 5.75 Å². The summed E-state index contributed by atoms with van der Waals surface area (Å²) in [4.78, 5) is 0. The molecule has 0 spiro atoms. The lowest BCUT2D eigenvalue weighted by Gasteiger charge is -2.09. The van der Waals surface area contributed by atoms with E-state index in [1.165, 1.54) is 12.1 Å². The monoisotopic (exact) mass is 392 g/mol. The summed E-state index contributed by atoms with van der Waals surface area (Å²) < 4.78 is 29.5. The molecule has 78 valence electrons. The van der Waals surface area contributed by atoms with Gasteiger partial charge in [0, 0.05) is 14.3 Å². The van der Waals surface area contributed by atoms with Gasteiger partial charge in [-0.2, -0.15) is 8.78 Å². The Bertz CT molecular complexity index is 307. The summed E-state index contributed by atoms with van der Waals surface area (Å²) in [6, 6.07) is 3.01. The second-order valence-corrected chi connectivity index (χ2v) is 4.65. The Hall–Kier alpha value is 0.320. The van der Waals surface area contributed by atoms with Crippen LogP contribution in [0.1, 0.15) is 5.56 Å². The molecule has 0 unspecified atom stereocenters. The lowest BCUT2D eigenvalue weighted by atomic mass is 10.2. The molecule has 0 heterocycles. The van der Waals surface area contributed by atoms with Crippen molar-refractivity contribution >= 4 is 47.8 Å². The van der Waals surface area contributed by atoms with Crippen LogP contribution in [0, 0.1) is 0 Å². The van der Waals surface area contributed by atoms with Crippen molar-refractivity contribution in [2.45, 2.75) is 11.9 Å². The summed E-state index contributed by atoms with van der Waals surface area (Å²) in [5, 5.41) is 0.628. The Morgan fingerprint density at radius 1 is 1.21 bits per heavy atom. The van der Waals surface area contributed by atoms with Crippen molar-refractivity contribution in [3.63, 3.8) is 0 Å². The van der Waals surface area contributed by atoms with E-state index >= 15 is 0 Å². The second-order valence-electron chi connectivity index (χ2n) is 2.38. The van der Waals surface area contributed by atoms with Gasteiger partial charge in [-0.1, -0.05) is 47.8 Å². The highest BCUT2D eigenvalue weighted by atomic mass is 79.9. The summed E-state index contributed by atoms with van der Waals surface area (Å²) in [5.41, 5.74) is 0.951. The van der Waals surface area contributed by atoms with Crippen LogP contribution < -0.4 is 4.74 Å². The molecule has 6 heteroatoms. The number of halogens is 5. The van der Waals surface area contributed by atoms with Crippen LogP contribution in [0.25, 0.3) is 0 Å². The molecule has 0 saturated heterocycles. The van der Waals surface area contributed by atoms with Gasteiger partial charge >= 0.3 is 6.61 Å². The van der Waals surface area contributed by atoms with Crippen molar-refractivity contribution in [3.05, 3.63) is 26.6 Å². The SMILES string of the molecule is FC(F)Oc1cc(Br)c(CBr)c(Br)c1. The predicted molar refractivity (Wildman–Crippen MR) is 61.1 cm³/mol. The van der Waals surface area contributed by atoms with Gasteiger partial charge in [0.25, 0.3) is 0 Å². The van der Waals surface area contributed by atoms with Crippen LogP contribution in [0.15, 0.2) is 21.1 Å². The zero-order valence-corrected chi connectivity index (χ0v) is 11.5. The number of rotatable bonds is 3. The molecular formula is C8H5Br3F2O. The van der Waals surface area contributed by atoms with Gasteiger partial charge in [0.05, 0.1) is 0 Å². The van der Waals surface area contributed by atoms with Gasteiger partial charge in [0.1, 0.15) is 5.75 Å². The van der Waals surface area contributed by atoms with E-state index in [9.17, 15) is 8.78 Å². The third-order valence-corrected chi connectivity index (χ3v) is 3.45. The molecule has 0 fully saturated rings. The molecule has 0 aliphatic heterocycles. The minimum Gasteiger partial charge on any atom is -0.435 e. The van der Waals surface area contributed by atoms with Crippen LogP contribution in [0.2, 0.25) is 0 Å². The number of alkyl halides is 3. The average Bonchev–Trinajstić information content (AvgIpc) is 2.01. The molecule has 0 amide bonds. The Labute approximate surface area is 105 Å². The van der Waals surface area contributed by atoms with Gasteiger partial charge in [-0.25, -0.2) is 0 Å². The molecule has 0 bridgehead atoms. The zero-order valence-electron chi connectivity index (χ0n) is 6.74. The first-order valence-electron chi connectivity index (χ1n) is 3.53. The van der Waals surface area contributed by atoms with E-state index in [-0.39, 0.29) is 5.75 Å². The van der Waals surface area contributed by atoms with Gasteiger partial charge in [0.15, 0.2) is 0 Å². The second kappa shape index (κ2) is 5.42. The number of hydrogen-bond acceptors (Lipinski definition) is 1. The van der Waals surface area contributed by atoms with E-state index in [1.807, 2.05) is 0 Å². The van der Waals surface area contributed by atoms with Crippen molar-refractivity contribution < 1.29 is 13.5 Å². The topological polar surface area (TPSA) is 9.23 Å². The van der Waals surface area contributed by atoms with Crippen molar-refractivity contribution in [3.8, 4) is 5.75 Å². The molecule has 0 radical (unpaired) electrons. The predicted octanol–water partition coefficient (Wildman–Crippen LogP) is 4.71. The highest BCUT2D eigenvalue weighted by Crippen LogP contribution is 2.32. The lowest BCUT2D eigenvalue weighted by molar-refractivity contribution is -0.0499. The van der Waals surface area contributed by atoms with Crippen LogP contribution in [-0.4, -0.2) is 6.61 Å². The molecule has 0 aliphatic rings. The molecule has 1 aromatic carbocycles. The highest BCUT2D eigenvalue weighted by Gasteiger charge is 2.10. The van der Waals surface area contributed by atoms with Gasteiger partial charge < -0.3 is 4.74 Å². The standard InChI is InChI=1S/C8H5Br3F2O/c9-3-5-6(10)1-4(2-7(5)11)14-8(12)13/h1-2,8H,3H2. The van der Waals surface area contributed by atoms with Crippen molar-refractivity contribution in [2.24, 2.45) is 0 Å². The smallest absolute Gasteiger partial charge is 0.387 e. The van der Waals surface area contributed by atoms with Gasteiger partial charge in [-0.05, 0) is 17.7 Å². The van der Waals surface area contributed by atoms with Crippen molar-refractivity contribution in [1.29, 1.82) is 0 Å². The van der Waals surface area contributed by atoms with Gasteiger partial charge in [-0.15, -0.1) is 0 Å². The van der Waals surface area contributed by atoms with E-state index < -0.39 is 6.61 Å². The van der Waals surface area contributed by atoms with E-state index in [0.29, 0.717) is 5.33 Å². The van der Waals surface area contributed by atoms with Crippen molar-refractivity contribution in [2.75, 3.05) is 0 Å². The maximum atomic E-state index is 11.9. The molecule has 0 N–H and O–H groups in total. The number of benzene rings is 1. The summed E-state index contributed by atoms with van der Waals surface area (Å²) in [6.07, 6.45) is 0. The summed E-state index contributed by atoms with van der Waals surface area (Å²) in [7, 11) is 0. The molecule has 0 aliphatic carbocycles. The van der Waals surface area contributed by atoms with Crippen molar-refractivity contribution in [1.82, 2.24) is 0 Å². The Kier molecular flexibility index (Phi) is 4.79. The third-order valence-electron chi connectivity index (χ3n) is 1.47. The summed E-state index contributed by atoms with van der Waals surface area (Å²) in [5.74, 6) is 0.128. The van der Waals surface area contributed by atoms with E-state index in [4.69, 9.17) is 0 Å². The number of hydrogen-bond donors (Lipinski definition) is 0. The van der Waals surface area contributed by atoms with Crippen LogP contribution in [0.4, 0.5) is 8.78 Å². The van der Waals surface area contributed by atoms with Gasteiger partial charge in [-0.3, -0.25) is 0 Å². The molecule has 0 aromatic heterocycles. The maximum absolute atomic E-state index is 11.9. The first kappa shape index (κ1) is 12.4. The van der Waals surface area contributed by atoms with Gasteiger partial charge in [0.2, 0.25) is 0 Å². The fourth-order valence-electron chi connectivity index (χ4n) is 0.878. The molecule has 1 rings (SSSR count). The summed E-state index contributed by atoms with van der Waals surface area (Å²) >= 11 is 9.81. The fourth-order valence-corrected chi connectivity index (χ4v) is 3.66. The summed E-state index contributed by atoms with van der Waals surface area (Å²) in [6.45, 7) is -2.80. The molecule has 0 saturated carbocycles. The van der Waals surface area contributed by atoms with Crippen LogP contribution >= 0.6 is 47.8 Å². The fraction of sp³-hybridized carbons (Fsp3) is 0.250.